The summed E-state index contributed by atoms with van der Waals surface area (Å²) in [7, 11) is 3.02. The standard InChI is InChI=1S/C33H49N5O6/c1-22(2)19-37(27-18-25(31(40)43-7)20-36(21-27)32(41)44-33(3,4)5)30(39)29-28(13-8-9-16-42-6)38(35-34-29)26-15-14-23-11-10-12-24(23)17-26/h14-15,17,22,25,27H,8-13,16,18-21H2,1-7H3/t25?,27-/m0/s1. The average molecular weight is 612 g/mol. The number of carbonyl (C=O) groups is 3. The zero-order valence-electron chi connectivity index (χ0n) is 27.4. The summed E-state index contributed by atoms with van der Waals surface area (Å²) in [6.07, 6.45) is 5.35. The van der Waals surface area contributed by atoms with E-state index in [9.17, 15) is 14.4 Å². The van der Waals surface area contributed by atoms with Crippen LogP contribution in [0.3, 0.4) is 0 Å². The van der Waals surface area contributed by atoms with Crippen LogP contribution in [0.15, 0.2) is 18.2 Å². The van der Waals surface area contributed by atoms with Gasteiger partial charge < -0.3 is 24.0 Å². The number of carbonyl (C=O) groups excluding carboxylic acids is 3. The molecule has 1 aromatic heterocycles. The summed E-state index contributed by atoms with van der Waals surface area (Å²) < 4.78 is 17.8. The number of ether oxygens (including phenoxy) is 3. The van der Waals surface area contributed by atoms with Crippen LogP contribution in [0.25, 0.3) is 5.69 Å². The molecule has 44 heavy (non-hydrogen) atoms. The average Bonchev–Trinajstić information content (AvgIpc) is 3.63. The van der Waals surface area contributed by atoms with Crippen LogP contribution in [0.4, 0.5) is 4.79 Å². The lowest BCUT2D eigenvalue weighted by atomic mass is 9.92. The molecular formula is C33H49N5O6. The second kappa shape index (κ2) is 14.5. The fraction of sp³-hybridized carbons (Fsp3) is 0.667. The number of rotatable bonds is 11. The van der Waals surface area contributed by atoms with E-state index in [-0.39, 0.29) is 24.9 Å². The summed E-state index contributed by atoms with van der Waals surface area (Å²) in [5.41, 5.74) is 3.92. The van der Waals surface area contributed by atoms with Crippen molar-refractivity contribution in [2.45, 2.75) is 91.2 Å². The maximum Gasteiger partial charge on any atom is 0.410 e. The molecule has 2 heterocycles. The minimum Gasteiger partial charge on any atom is -0.469 e. The molecule has 4 rings (SSSR count). The number of esters is 1. The number of benzene rings is 1. The van der Waals surface area contributed by atoms with Crippen molar-refractivity contribution in [2.24, 2.45) is 11.8 Å². The Bertz CT molecular complexity index is 1320. The first-order chi connectivity index (χ1) is 20.9. The molecule has 0 radical (unpaired) electrons. The van der Waals surface area contributed by atoms with Crippen LogP contribution < -0.4 is 0 Å². The Morgan fingerprint density at radius 3 is 2.50 bits per heavy atom. The van der Waals surface area contributed by atoms with E-state index in [1.807, 2.05) is 13.8 Å². The Labute approximate surface area is 261 Å². The maximum absolute atomic E-state index is 14.5. The Kier molecular flexibility index (Phi) is 11.0. The van der Waals surface area contributed by atoms with Gasteiger partial charge in [-0.25, -0.2) is 9.48 Å². The molecule has 242 valence electrons. The molecule has 0 N–H and O–H groups in total. The lowest BCUT2D eigenvalue weighted by molar-refractivity contribution is -0.148. The number of methoxy groups -OCH3 is 2. The van der Waals surface area contributed by atoms with E-state index in [4.69, 9.17) is 14.2 Å². The first kappa shape index (κ1) is 33.4. The third-order valence-electron chi connectivity index (χ3n) is 8.18. The van der Waals surface area contributed by atoms with E-state index < -0.39 is 29.6 Å². The molecule has 1 saturated heterocycles. The van der Waals surface area contributed by atoms with Crippen LogP contribution in [0, 0.1) is 11.8 Å². The third-order valence-corrected chi connectivity index (χ3v) is 8.18. The fourth-order valence-electron chi connectivity index (χ4n) is 6.17. The predicted molar refractivity (Wildman–Crippen MR) is 166 cm³/mol. The van der Waals surface area contributed by atoms with Gasteiger partial charge in [-0.1, -0.05) is 25.1 Å². The molecule has 2 amide bonds. The van der Waals surface area contributed by atoms with Crippen molar-refractivity contribution in [3.05, 3.63) is 40.7 Å². The highest BCUT2D eigenvalue weighted by Gasteiger charge is 2.41. The van der Waals surface area contributed by atoms with Crippen LogP contribution in [-0.2, 0) is 38.3 Å². The second-order valence-corrected chi connectivity index (χ2v) is 13.4. The van der Waals surface area contributed by atoms with Gasteiger partial charge >= 0.3 is 12.1 Å². The van der Waals surface area contributed by atoms with Gasteiger partial charge in [-0.05, 0) is 94.9 Å². The summed E-state index contributed by atoms with van der Waals surface area (Å²) in [4.78, 5) is 43.8. The number of amides is 2. The summed E-state index contributed by atoms with van der Waals surface area (Å²) >= 11 is 0. The van der Waals surface area contributed by atoms with Gasteiger partial charge in [0.15, 0.2) is 5.69 Å². The van der Waals surface area contributed by atoms with Crippen molar-refractivity contribution in [3.8, 4) is 5.69 Å². The second-order valence-electron chi connectivity index (χ2n) is 13.4. The number of nitrogens with zero attached hydrogens (tertiary/aromatic N) is 5. The molecule has 11 nitrogen and oxygen atoms in total. The number of aryl methyl sites for hydroxylation is 2. The highest BCUT2D eigenvalue weighted by molar-refractivity contribution is 5.94. The summed E-state index contributed by atoms with van der Waals surface area (Å²) in [6.45, 7) is 10.9. The van der Waals surface area contributed by atoms with Gasteiger partial charge in [-0.2, -0.15) is 0 Å². The van der Waals surface area contributed by atoms with Crippen LogP contribution in [0.1, 0.15) is 87.6 Å². The van der Waals surface area contributed by atoms with Crippen LogP contribution in [0.5, 0.6) is 0 Å². The Morgan fingerprint density at radius 1 is 1.07 bits per heavy atom. The van der Waals surface area contributed by atoms with Gasteiger partial charge in [0, 0.05) is 33.4 Å². The number of hydrogen-bond donors (Lipinski definition) is 0. The zero-order chi connectivity index (χ0) is 32.0. The molecule has 0 spiro atoms. The molecule has 1 aliphatic heterocycles. The lowest BCUT2D eigenvalue weighted by Gasteiger charge is -2.42. The Balaban J connectivity index is 1.70. The third kappa shape index (κ3) is 8.16. The van der Waals surface area contributed by atoms with Gasteiger partial charge in [-0.15, -0.1) is 5.10 Å². The molecule has 1 aromatic carbocycles. The number of fused-ring (bicyclic) bond motifs is 1. The van der Waals surface area contributed by atoms with Gasteiger partial charge in [0.1, 0.15) is 5.60 Å². The number of hydrogen-bond acceptors (Lipinski definition) is 8. The summed E-state index contributed by atoms with van der Waals surface area (Å²) in [5.74, 6) is -1.14. The highest BCUT2D eigenvalue weighted by Crippen LogP contribution is 2.29. The van der Waals surface area contributed by atoms with Crippen molar-refractivity contribution >= 4 is 18.0 Å². The van der Waals surface area contributed by atoms with E-state index in [1.165, 1.54) is 23.1 Å². The Morgan fingerprint density at radius 2 is 1.82 bits per heavy atom. The molecule has 1 fully saturated rings. The largest absolute Gasteiger partial charge is 0.469 e. The van der Waals surface area contributed by atoms with Crippen molar-refractivity contribution in [1.82, 2.24) is 24.8 Å². The quantitative estimate of drug-likeness (QED) is 0.267. The highest BCUT2D eigenvalue weighted by atomic mass is 16.6. The zero-order valence-corrected chi connectivity index (χ0v) is 27.4. The molecule has 2 aromatic rings. The number of piperidine rings is 1. The van der Waals surface area contributed by atoms with E-state index >= 15 is 0 Å². The Hall–Kier alpha value is -3.47. The first-order valence-electron chi connectivity index (χ1n) is 15.8. The lowest BCUT2D eigenvalue weighted by Crippen LogP contribution is -2.57. The molecular weight excluding hydrogens is 562 g/mol. The van der Waals surface area contributed by atoms with E-state index in [2.05, 4.69) is 28.5 Å². The molecule has 0 saturated carbocycles. The number of likely N-dealkylation sites (tertiary alicyclic amines) is 1. The summed E-state index contributed by atoms with van der Waals surface area (Å²) in [5, 5.41) is 8.98. The van der Waals surface area contributed by atoms with Crippen molar-refractivity contribution in [2.75, 3.05) is 40.5 Å². The van der Waals surface area contributed by atoms with Gasteiger partial charge in [-0.3, -0.25) is 9.59 Å². The van der Waals surface area contributed by atoms with E-state index in [0.29, 0.717) is 31.7 Å². The normalized spacial score (nSPS) is 18.3. The molecule has 11 heteroatoms. The maximum atomic E-state index is 14.5. The van der Waals surface area contributed by atoms with E-state index in [1.54, 1.807) is 37.5 Å². The molecule has 1 unspecified atom stereocenters. The molecule has 2 aliphatic rings. The van der Waals surface area contributed by atoms with Crippen LogP contribution in [-0.4, -0.2) is 94.9 Å². The number of aromatic nitrogens is 3. The smallest absolute Gasteiger partial charge is 0.410 e. The van der Waals surface area contributed by atoms with Crippen LogP contribution >= 0.6 is 0 Å². The fourth-order valence-corrected chi connectivity index (χ4v) is 6.17. The predicted octanol–water partition coefficient (Wildman–Crippen LogP) is 4.62. The summed E-state index contributed by atoms with van der Waals surface area (Å²) in [6, 6.07) is 5.93. The monoisotopic (exact) mass is 611 g/mol. The minimum absolute atomic E-state index is 0.129. The minimum atomic E-state index is -0.702. The van der Waals surface area contributed by atoms with Crippen molar-refractivity contribution in [1.29, 1.82) is 0 Å². The van der Waals surface area contributed by atoms with Crippen LogP contribution in [0.2, 0.25) is 0 Å². The van der Waals surface area contributed by atoms with Gasteiger partial charge in [0.2, 0.25) is 0 Å². The van der Waals surface area contributed by atoms with Gasteiger partial charge in [0.25, 0.3) is 5.91 Å². The van der Waals surface area contributed by atoms with E-state index in [0.717, 1.165) is 43.5 Å². The topological polar surface area (TPSA) is 116 Å². The number of unbranched alkanes of at least 4 members (excludes halogenated alkanes) is 1. The van der Waals surface area contributed by atoms with Crippen molar-refractivity contribution in [3.63, 3.8) is 0 Å². The van der Waals surface area contributed by atoms with Gasteiger partial charge in [0.05, 0.1) is 30.5 Å². The molecule has 1 aliphatic carbocycles. The van der Waals surface area contributed by atoms with Crippen molar-refractivity contribution < 1.29 is 28.6 Å². The first-order valence-corrected chi connectivity index (χ1v) is 15.8. The SMILES string of the molecule is COCCCCc1c(C(=O)N(CC(C)C)[C@H]2CC(C(=O)OC)CN(C(=O)OC(C)(C)C)C2)nnn1-c1ccc2c(c1)CCC2. The molecule has 2 atom stereocenters. The molecule has 0 bridgehead atoms.